The summed E-state index contributed by atoms with van der Waals surface area (Å²) >= 11 is 1.86. The van der Waals surface area contributed by atoms with Gasteiger partial charge in [-0.15, -0.1) is 11.3 Å². The Morgan fingerprint density at radius 3 is 0.679 bits per heavy atom. The Morgan fingerprint density at radius 1 is 0.190 bits per heavy atom. The number of thiophene rings is 1. The van der Waals surface area contributed by atoms with Gasteiger partial charge >= 0.3 is 0 Å². The second kappa shape index (κ2) is 62.7. The molecule has 3 nitrogen and oxygen atoms in total. The van der Waals surface area contributed by atoms with Gasteiger partial charge in [0.25, 0.3) is 0 Å². The van der Waals surface area contributed by atoms with Gasteiger partial charge in [0.15, 0.2) is 0 Å². The molecule has 3 aliphatic rings. The van der Waals surface area contributed by atoms with Crippen molar-refractivity contribution in [1.29, 1.82) is 0 Å². The van der Waals surface area contributed by atoms with Gasteiger partial charge in [-0.2, -0.15) is 0 Å². The van der Waals surface area contributed by atoms with Crippen LogP contribution in [0.15, 0.2) is 138 Å². The summed E-state index contributed by atoms with van der Waals surface area (Å²) in [6, 6.07) is 54.5. The molecule has 0 atom stereocenters. The monoisotopic (exact) mass is 1880 g/mol. The fourth-order valence-corrected chi connectivity index (χ4v) is 25.7. The van der Waals surface area contributed by atoms with Crippen LogP contribution in [0.4, 0.5) is 0 Å². The number of hydrogen-bond acceptors (Lipinski definition) is 4. The van der Waals surface area contributed by atoms with Gasteiger partial charge in [0, 0.05) is 10.3 Å². The predicted molar refractivity (Wildman–Crippen MR) is 604 cm³/mol. The summed E-state index contributed by atoms with van der Waals surface area (Å²) < 4.78 is 23.3. The van der Waals surface area contributed by atoms with Gasteiger partial charge in [-0.3, -0.25) is 0 Å². The van der Waals surface area contributed by atoms with E-state index in [0.717, 1.165) is 62.9 Å². The normalized spacial score (nSPS) is 14.6. The third-order valence-corrected chi connectivity index (χ3v) is 34.0. The zero-order valence-corrected chi connectivity index (χ0v) is 92.1. The Morgan fingerprint density at radius 2 is 0.401 bits per heavy atom. The molecule has 0 saturated carbocycles. The van der Waals surface area contributed by atoms with Gasteiger partial charge in [-0.05, 0) is 218 Å². The molecule has 6 aromatic carbocycles. The number of hydrogen-bond donors (Lipinski definition) is 0. The molecule has 2 aromatic heterocycles. The lowest BCUT2D eigenvalue weighted by molar-refractivity contribution is -0.185. The lowest BCUT2D eigenvalue weighted by Crippen LogP contribution is -2.41. The van der Waals surface area contributed by atoms with Crippen molar-refractivity contribution in [2.45, 2.75) is 574 Å². The third-order valence-electron chi connectivity index (χ3n) is 32.8. The van der Waals surface area contributed by atoms with Crippen molar-refractivity contribution in [3.8, 4) is 65.6 Å². The highest BCUT2D eigenvalue weighted by Crippen LogP contribution is 2.61. The number of benzene rings is 6. The first kappa shape index (κ1) is 113. The quantitative estimate of drug-likeness (QED) is 0.0356. The van der Waals surface area contributed by atoms with Crippen molar-refractivity contribution >= 4 is 11.3 Å². The van der Waals surface area contributed by atoms with Crippen LogP contribution >= 0.6 is 11.3 Å². The highest BCUT2D eigenvalue weighted by Gasteiger charge is 2.51. The number of aryl methyl sites for hydroxylation is 4. The summed E-state index contributed by atoms with van der Waals surface area (Å²) in [4.78, 5) is 2.51. The second-order valence-electron chi connectivity index (χ2n) is 44.4. The fraction of sp³-hybridized carbons (Fsp3) is 0.669. The van der Waals surface area contributed by atoms with E-state index in [1.54, 1.807) is 11.1 Å². The molecule has 8 aromatic rings. The lowest BCUT2D eigenvalue weighted by atomic mass is 9.70. The molecule has 4 heterocycles. The van der Waals surface area contributed by atoms with Crippen molar-refractivity contribution in [2.24, 2.45) is 0 Å². The van der Waals surface area contributed by atoms with Crippen LogP contribution in [0, 0.1) is 27.7 Å². The SMILES string of the molecule is CCCCCCCCC1(CCCCCCCC)OC(CCCCCCCC)(CCCCCCCC)c2cc(-c3ccc(-c4ccc(C)o4)s3)ccc2-c2ccc(C)cc21.CCCCCCCCC1(CCCCCCCC)OC(CCCCCCCC)(CCCCCCCC)c2cc(-c3ccc4c(c3)C(CCCCCCCC)(CCCCCCCC)c3cc(C)ccc3-4)ccc2-c2ccc(C)cc21. The number of unbranched alkanes of at least 4 members (excludes halogenated alkanes) is 50. The minimum atomic E-state index is -0.359. The molecular formula is C133H204O3S. The summed E-state index contributed by atoms with van der Waals surface area (Å²) in [5, 5.41) is 0. The Hall–Kier alpha value is -5.78. The van der Waals surface area contributed by atoms with E-state index in [1.807, 2.05) is 18.3 Å². The van der Waals surface area contributed by atoms with Crippen molar-refractivity contribution in [3.63, 3.8) is 0 Å². The van der Waals surface area contributed by atoms with E-state index in [9.17, 15) is 0 Å². The maximum absolute atomic E-state index is 8.72. The van der Waals surface area contributed by atoms with E-state index in [1.165, 1.54) is 497 Å². The van der Waals surface area contributed by atoms with Crippen molar-refractivity contribution < 1.29 is 13.9 Å². The molecule has 0 spiro atoms. The molecule has 0 N–H and O–H groups in total. The van der Waals surface area contributed by atoms with Crippen LogP contribution in [0.1, 0.15) is 575 Å². The van der Waals surface area contributed by atoms with E-state index in [2.05, 4.69) is 223 Å². The van der Waals surface area contributed by atoms with Crippen LogP contribution in [-0.4, -0.2) is 0 Å². The first-order valence-corrected chi connectivity index (χ1v) is 60.3. The standard InChI is InChI=1S/C77H120O.C56H84O2S/c1-9-15-21-27-33-39-53-75(54-40-34-28-22-16-10-2)71-59-63(7)45-49-67(71)68-51-47-65(61-72(68)75)66-48-52-70-69-50-46-64(8)60-73(69)76(55-41-35-29-23-17-11-3,56-42-36-30-24-18-12-4)78-77(74(70)62-66,57-43-37-31-25-19-13-5)58-44-38-32-26-20-14-6;1-7-11-15-19-23-27-39-55(40-28-24-20-16-12-8-2)50-43-45(5)31-34-48(50)49-35-33-47(53-37-38-54(59-53)52-36-32-46(6)57-52)44-51(49)56(58-55,41-29-25-21-17-13-9-3)42-30-26-22-18-14-10-4/h45-52,59-62H,9-44,53-58H2,1-8H3;31-38,43-44H,7-30,39-42H2,1-6H3. The molecule has 11 rings (SSSR count). The largest absolute Gasteiger partial charge is 0.461 e. The maximum atomic E-state index is 8.72. The summed E-state index contributed by atoms with van der Waals surface area (Å²) in [6.45, 7) is 32.5. The highest BCUT2D eigenvalue weighted by atomic mass is 32.1. The second-order valence-corrected chi connectivity index (χ2v) is 45.5. The summed E-state index contributed by atoms with van der Waals surface area (Å²) in [5.74, 6) is 1.93. The van der Waals surface area contributed by atoms with Gasteiger partial charge in [-0.25, -0.2) is 0 Å². The van der Waals surface area contributed by atoms with E-state index < -0.39 is 0 Å². The minimum Gasteiger partial charge on any atom is -0.461 e. The zero-order chi connectivity index (χ0) is 97.1. The smallest absolute Gasteiger partial charge is 0.144 e. The van der Waals surface area contributed by atoms with Crippen molar-refractivity contribution in [3.05, 3.63) is 189 Å². The topological polar surface area (TPSA) is 31.6 Å². The molecular weight excluding hydrogens is 1680 g/mol. The van der Waals surface area contributed by atoms with Gasteiger partial charge in [-0.1, -0.05) is 562 Å². The van der Waals surface area contributed by atoms with Crippen LogP contribution in [0.5, 0.6) is 0 Å². The van der Waals surface area contributed by atoms with Gasteiger partial charge < -0.3 is 13.9 Å². The maximum Gasteiger partial charge on any atom is 0.144 e. The van der Waals surface area contributed by atoms with E-state index in [0.29, 0.717) is 0 Å². The Balaban J connectivity index is 0.000000294. The molecule has 2 aliphatic heterocycles. The van der Waals surface area contributed by atoms with Gasteiger partial charge in [0.1, 0.15) is 11.5 Å². The first-order valence-electron chi connectivity index (χ1n) is 59.5. The summed E-state index contributed by atoms with van der Waals surface area (Å²) in [7, 11) is 0. The van der Waals surface area contributed by atoms with Crippen LogP contribution in [0.2, 0.25) is 0 Å². The number of rotatable bonds is 73. The summed E-state index contributed by atoms with van der Waals surface area (Å²) in [6.07, 6.45) is 90.7. The van der Waals surface area contributed by atoms with Crippen LogP contribution < -0.4 is 0 Å². The average Bonchev–Trinajstić information content (AvgIpc) is 1.53. The minimum absolute atomic E-state index is 0.0554. The lowest BCUT2D eigenvalue weighted by Gasteiger charge is -2.45. The average molecular weight is 1880 g/mol. The van der Waals surface area contributed by atoms with Gasteiger partial charge in [0.05, 0.1) is 27.3 Å². The van der Waals surface area contributed by atoms with Gasteiger partial charge in [0.2, 0.25) is 0 Å². The third kappa shape index (κ3) is 33.7. The first-order chi connectivity index (χ1) is 67.1. The number of fused-ring (bicyclic) bond motifs is 9. The molecule has 1 aliphatic carbocycles. The molecule has 0 fully saturated rings. The van der Waals surface area contributed by atoms with E-state index >= 15 is 0 Å². The Bertz CT molecular complexity index is 4520. The fourth-order valence-electron chi connectivity index (χ4n) is 24.7. The molecule has 0 amide bonds. The van der Waals surface area contributed by atoms with Crippen molar-refractivity contribution in [1.82, 2.24) is 0 Å². The van der Waals surface area contributed by atoms with Crippen molar-refractivity contribution in [2.75, 3.05) is 0 Å². The molecule has 760 valence electrons. The van der Waals surface area contributed by atoms with Crippen LogP contribution in [0.25, 0.3) is 65.6 Å². The number of ether oxygens (including phenoxy) is 2. The Labute approximate surface area is 848 Å². The molecule has 4 heteroatoms. The Kier molecular flexibility index (Phi) is 51.8. The van der Waals surface area contributed by atoms with E-state index in [-0.39, 0.29) is 27.8 Å². The zero-order valence-electron chi connectivity index (χ0n) is 91.3. The predicted octanol–water partition coefficient (Wildman–Crippen LogP) is 45.2. The molecule has 0 radical (unpaired) electrons. The summed E-state index contributed by atoms with van der Waals surface area (Å²) in [5.41, 5.74) is 25.0. The molecule has 137 heavy (non-hydrogen) atoms. The van der Waals surface area contributed by atoms with Crippen LogP contribution in [-0.2, 0) is 37.3 Å². The van der Waals surface area contributed by atoms with Crippen LogP contribution in [0.3, 0.4) is 0 Å². The molecule has 0 bridgehead atoms. The molecule has 0 unspecified atom stereocenters. The number of furan rings is 1. The molecule has 0 saturated heterocycles. The highest BCUT2D eigenvalue weighted by molar-refractivity contribution is 7.18. The van der Waals surface area contributed by atoms with E-state index in [4.69, 9.17) is 13.9 Å².